The zero-order chi connectivity index (χ0) is 19.1. The summed E-state index contributed by atoms with van der Waals surface area (Å²) in [6, 6.07) is 17.6. The Morgan fingerprint density at radius 3 is 2.63 bits per heavy atom. The molecule has 1 aliphatic heterocycles. The Hall–Kier alpha value is -2.60. The number of methoxy groups -OCH3 is 1. The van der Waals surface area contributed by atoms with Crippen LogP contribution in [0.1, 0.15) is 30.9 Å². The van der Waals surface area contributed by atoms with Crippen LogP contribution in [0.4, 0.5) is 0 Å². The van der Waals surface area contributed by atoms with Crippen LogP contribution in [0.25, 0.3) is 0 Å². The second-order valence-electron chi connectivity index (χ2n) is 6.17. The van der Waals surface area contributed by atoms with Gasteiger partial charge < -0.3 is 4.74 Å². The van der Waals surface area contributed by atoms with Crippen LogP contribution in [0.5, 0.6) is 5.75 Å². The van der Waals surface area contributed by atoms with E-state index >= 15 is 0 Å². The maximum absolute atomic E-state index is 12.8. The lowest BCUT2D eigenvalue weighted by atomic mass is 10.2. The normalized spacial score (nSPS) is 18.6. The molecule has 0 unspecified atom stereocenters. The van der Waals surface area contributed by atoms with Crippen LogP contribution in [0.3, 0.4) is 0 Å². The number of ether oxygens (including phenoxy) is 1. The molecule has 1 atom stereocenters. The third kappa shape index (κ3) is 4.77. The van der Waals surface area contributed by atoms with Gasteiger partial charge >= 0.3 is 0 Å². The number of carbonyl (C=O) groups is 1. The Morgan fingerprint density at radius 2 is 1.89 bits per heavy atom. The van der Waals surface area contributed by atoms with Crippen LogP contribution >= 0.6 is 11.8 Å². The van der Waals surface area contributed by atoms with Gasteiger partial charge in [-0.1, -0.05) is 67.6 Å². The summed E-state index contributed by atoms with van der Waals surface area (Å²) in [5.41, 5.74) is 1.92. The Labute approximate surface area is 164 Å². The highest BCUT2D eigenvalue weighted by Crippen LogP contribution is 2.31. The minimum Gasteiger partial charge on any atom is -0.496 e. The minimum atomic E-state index is -0.0843. The Bertz CT molecular complexity index is 836. The summed E-state index contributed by atoms with van der Waals surface area (Å²) in [5.74, 6) is 0.846. The van der Waals surface area contributed by atoms with Crippen molar-refractivity contribution in [3.05, 3.63) is 65.7 Å². The zero-order valence-electron chi connectivity index (χ0n) is 15.5. The quantitative estimate of drug-likeness (QED) is 0.530. The monoisotopic (exact) mass is 381 g/mol. The average molecular weight is 382 g/mol. The molecule has 0 aliphatic carbocycles. The van der Waals surface area contributed by atoms with Crippen molar-refractivity contribution in [3.8, 4) is 5.75 Å². The largest absolute Gasteiger partial charge is 0.496 e. The van der Waals surface area contributed by atoms with E-state index in [0.717, 1.165) is 29.7 Å². The van der Waals surface area contributed by atoms with Crippen molar-refractivity contribution in [1.29, 1.82) is 0 Å². The molecule has 0 saturated carbocycles. The molecule has 1 heterocycles. The molecule has 3 rings (SSSR count). The SMILES string of the molecule is CCC[C@H]1S/C(=N/N=C\c2ccccc2OC)N(Cc2ccccc2)C1=O. The van der Waals surface area contributed by atoms with Gasteiger partial charge in [-0.3, -0.25) is 9.69 Å². The lowest BCUT2D eigenvalue weighted by Crippen LogP contribution is -2.31. The number of hydrogen-bond acceptors (Lipinski definition) is 5. The smallest absolute Gasteiger partial charge is 0.242 e. The van der Waals surface area contributed by atoms with E-state index in [-0.39, 0.29) is 11.2 Å². The first-order valence-corrected chi connectivity index (χ1v) is 9.87. The fraction of sp³-hybridized carbons (Fsp3) is 0.286. The molecule has 0 spiro atoms. The van der Waals surface area contributed by atoms with Gasteiger partial charge in [0.1, 0.15) is 5.75 Å². The molecular weight excluding hydrogens is 358 g/mol. The topological polar surface area (TPSA) is 54.3 Å². The van der Waals surface area contributed by atoms with Crippen molar-refractivity contribution >= 4 is 29.1 Å². The maximum Gasteiger partial charge on any atom is 0.242 e. The van der Waals surface area contributed by atoms with Gasteiger partial charge in [0.05, 0.1) is 25.1 Å². The predicted octanol–water partition coefficient (Wildman–Crippen LogP) is 4.33. The number of nitrogens with zero attached hydrogens (tertiary/aromatic N) is 3. The van der Waals surface area contributed by atoms with Crippen molar-refractivity contribution in [3.63, 3.8) is 0 Å². The maximum atomic E-state index is 12.8. The van der Waals surface area contributed by atoms with Gasteiger partial charge in [-0.25, -0.2) is 0 Å². The highest BCUT2D eigenvalue weighted by atomic mass is 32.2. The third-order valence-electron chi connectivity index (χ3n) is 4.23. The van der Waals surface area contributed by atoms with Crippen molar-refractivity contribution < 1.29 is 9.53 Å². The summed E-state index contributed by atoms with van der Waals surface area (Å²) in [6.45, 7) is 2.60. The second-order valence-corrected chi connectivity index (χ2v) is 7.34. The van der Waals surface area contributed by atoms with E-state index in [1.807, 2.05) is 54.6 Å². The van der Waals surface area contributed by atoms with E-state index in [4.69, 9.17) is 4.74 Å². The van der Waals surface area contributed by atoms with Gasteiger partial charge in [0, 0.05) is 5.56 Å². The van der Waals surface area contributed by atoms with E-state index in [0.29, 0.717) is 11.7 Å². The summed E-state index contributed by atoms with van der Waals surface area (Å²) in [4.78, 5) is 14.5. The summed E-state index contributed by atoms with van der Waals surface area (Å²) in [6.07, 6.45) is 3.45. The minimum absolute atomic E-state index is 0.0843. The first-order chi connectivity index (χ1) is 13.2. The first kappa shape index (κ1) is 19.2. The van der Waals surface area contributed by atoms with Crippen molar-refractivity contribution in [2.75, 3.05) is 7.11 Å². The standard InChI is InChI=1S/C21H23N3O2S/c1-3-9-19-20(25)24(15-16-10-5-4-6-11-16)21(27-19)23-22-14-17-12-7-8-13-18(17)26-2/h4-8,10-14,19H,3,9,15H2,1-2H3/b22-14-,23-21+/t19-/m1/s1. The molecule has 1 fully saturated rings. The number of amidine groups is 1. The first-order valence-electron chi connectivity index (χ1n) is 8.99. The highest BCUT2D eigenvalue weighted by molar-refractivity contribution is 8.15. The van der Waals surface area contributed by atoms with Crippen molar-refractivity contribution in [2.24, 2.45) is 10.2 Å². The molecule has 1 amide bonds. The molecule has 0 bridgehead atoms. The Balaban J connectivity index is 1.82. The van der Waals surface area contributed by atoms with E-state index in [9.17, 15) is 4.79 Å². The summed E-state index contributed by atoms with van der Waals surface area (Å²) >= 11 is 1.50. The summed E-state index contributed by atoms with van der Waals surface area (Å²) < 4.78 is 5.32. The molecular formula is C21H23N3O2S. The fourth-order valence-corrected chi connectivity index (χ4v) is 4.07. The number of thioether (sulfide) groups is 1. The van der Waals surface area contributed by atoms with Crippen LogP contribution < -0.4 is 4.74 Å². The number of rotatable bonds is 7. The zero-order valence-corrected chi connectivity index (χ0v) is 16.4. The molecule has 2 aromatic carbocycles. The molecule has 27 heavy (non-hydrogen) atoms. The molecule has 6 heteroatoms. The van der Waals surface area contributed by atoms with E-state index in [2.05, 4.69) is 17.1 Å². The van der Waals surface area contributed by atoms with Crippen LogP contribution in [0.2, 0.25) is 0 Å². The van der Waals surface area contributed by atoms with E-state index in [1.54, 1.807) is 18.2 Å². The predicted molar refractivity (Wildman–Crippen MR) is 111 cm³/mol. The number of benzene rings is 2. The van der Waals surface area contributed by atoms with Crippen molar-refractivity contribution in [1.82, 2.24) is 4.90 Å². The van der Waals surface area contributed by atoms with Crippen LogP contribution in [0, 0.1) is 0 Å². The average Bonchev–Trinajstić information content (AvgIpc) is 2.98. The highest BCUT2D eigenvalue weighted by Gasteiger charge is 2.37. The van der Waals surface area contributed by atoms with Gasteiger partial charge in [0.15, 0.2) is 5.17 Å². The molecule has 1 aliphatic rings. The van der Waals surface area contributed by atoms with Gasteiger partial charge in [-0.15, -0.1) is 5.10 Å². The molecule has 5 nitrogen and oxygen atoms in total. The third-order valence-corrected chi connectivity index (χ3v) is 5.47. The molecule has 1 saturated heterocycles. The summed E-state index contributed by atoms with van der Waals surface area (Å²) in [7, 11) is 1.63. The lowest BCUT2D eigenvalue weighted by Gasteiger charge is -2.15. The Kier molecular flexibility index (Phi) is 6.65. The van der Waals surface area contributed by atoms with E-state index < -0.39 is 0 Å². The molecule has 0 aromatic heterocycles. The number of carbonyl (C=O) groups excluding carboxylic acids is 1. The molecule has 2 aromatic rings. The van der Waals surface area contributed by atoms with Gasteiger partial charge in [0.25, 0.3) is 0 Å². The lowest BCUT2D eigenvalue weighted by molar-refractivity contribution is -0.126. The van der Waals surface area contributed by atoms with Crippen LogP contribution in [-0.2, 0) is 11.3 Å². The van der Waals surface area contributed by atoms with Gasteiger partial charge in [-0.2, -0.15) is 5.10 Å². The van der Waals surface area contributed by atoms with E-state index in [1.165, 1.54) is 11.8 Å². The molecule has 0 radical (unpaired) electrons. The van der Waals surface area contributed by atoms with Crippen molar-refractivity contribution in [2.45, 2.75) is 31.6 Å². The molecule has 140 valence electrons. The molecule has 0 N–H and O–H groups in total. The Morgan fingerprint density at radius 1 is 1.15 bits per heavy atom. The fourth-order valence-electron chi connectivity index (χ4n) is 2.86. The number of para-hydroxylation sites is 1. The second kappa shape index (κ2) is 9.37. The summed E-state index contributed by atoms with van der Waals surface area (Å²) in [5, 5.41) is 9.14. The van der Waals surface area contributed by atoms with Gasteiger partial charge in [-0.05, 0) is 24.1 Å². The van der Waals surface area contributed by atoms with Crippen LogP contribution in [0.15, 0.2) is 64.8 Å². The number of amides is 1. The van der Waals surface area contributed by atoms with Gasteiger partial charge in [0.2, 0.25) is 5.91 Å². The number of hydrogen-bond donors (Lipinski definition) is 0. The van der Waals surface area contributed by atoms with Crippen LogP contribution in [-0.4, -0.2) is 34.5 Å².